The standard InChI is InChI=1S/C22H25N3O/c1-16-8-9-20-18(12-16)19-14-24(2)11-10-21(19)25(20)15-22(26)23-13-17-6-4-3-5-7-17/h3-9,12H,10-11,13-15H2,1-2H3,(H,23,26). The number of aryl methyl sites for hydroxylation is 1. The van der Waals surface area contributed by atoms with Crippen molar-refractivity contribution in [3.05, 3.63) is 70.9 Å². The maximum absolute atomic E-state index is 12.6. The Morgan fingerprint density at radius 1 is 1.15 bits per heavy atom. The average molecular weight is 347 g/mol. The largest absolute Gasteiger partial charge is 0.350 e. The van der Waals surface area contributed by atoms with E-state index < -0.39 is 0 Å². The van der Waals surface area contributed by atoms with E-state index in [1.165, 1.54) is 27.7 Å². The number of amides is 1. The zero-order valence-corrected chi connectivity index (χ0v) is 15.5. The molecule has 1 aliphatic heterocycles. The predicted octanol–water partition coefficient (Wildman–Crippen LogP) is 3.25. The molecule has 2 aromatic carbocycles. The van der Waals surface area contributed by atoms with Gasteiger partial charge in [0.1, 0.15) is 6.54 Å². The van der Waals surface area contributed by atoms with Gasteiger partial charge in [0.05, 0.1) is 0 Å². The fourth-order valence-electron chi connectivity index (χ4n) is 3.88. The van der Waals surface area contributed by atoms with E-state index in [9.17, 15) is 4.79 Å². The summed E-state index contributed by atoms with van der Waals surface area (Å²) >= 11 is 0. The van der Waals surface area contributed by atoms with Crippen molar-refractivity contribution in [1.29, 1.82) is 0 Å². The van der Waals surface area contributed by atoms with Crippen molar-refractivity contribution >= 4 is 16.8 Å². The molecule has 0 spiro atoms. The molecule has 0 radical (unpaired) electrons. The molecule has 0 unspecified atom stereocenters. The van der Waals surface area contributed by atoms with Crippen molar-refractivity contribution in [2.45, 2.75) is 33.0 Å². The van der Waals surface area contributed by atoms with Crippen molar-refractivity contribution < 1.29 is 4.79 Å². The summed E-state index contributed by atoms with van der Waals surface area (Å²) in [6.07, 6.45) is 0.992. The van der Waals surface area contributed by atoms with E-state index in [1.54, 1.807) is 0 Å². The van der Waals surface area contributed by atoms with Gasteiger partial charge in [0.15, 0.2) is 0 Å². The number of nitrogens with zero attached hydrogens (tertiary/aromatic N) is 2. The Balaban J connectivity index is 1.61. The number of likely N-dealkylation sites (N-methyl/N-ethyl adjacent to an activating group) is 1. The Hall–Kier alpha value is -2.59. The number of carbonyl (C=O) groups is 1. The summed E-state index contributed by atoms with van der Waals surface area (Å²) in [4.78, 5) is 15.0. The lowest BCUT2D eigenvalue weighted by molar-refractivity contribution is -0.121. The van der Waals surface area contributed by atoms with Gasteiger partial charge in [-0.1, -0.05) is 42.0 Å². The first-order chi connectivity index (χ1) is 12.6. The zero-order chi connectivity index (χ0) is 18.1. The highest BCUT2D eigenvalue weighted by atomic mass is 16.1. The lowest BCUT2D eigenvalue weighted by Gasteiger charge is -2.24. The molecule has 0 bridgehead atoms. The average Bonchev–Trinajstić information content (AvgIpc) is 2.93. The van der Waals surface area contributed by atoms with E-state index in [0.717, 1.165) is 25.1 Å². The highest BCUT2D eigenvalue weighted by Crippen LogP contribution is 2.31. The number of benzene rings is 2. The van der Waals surface area contributed by atoms with Gasteiger partial charge in [-0.15, -0.1) is 0 Å². The molecule has 4 nitrogen and oxygen atoms in total. The quantitative estimate of drug-likeness (QED) is 0.787. The summed E-state index contributed by atoms with van der Waals surface area (Å²) in [5.41, 5.74) is 6.26. The SMILES string of the molecule is Cc1ccc2c(c1)c1c(n2CC(=O)NCc2ccccc2)CCN(C)C1. The van der Waals surface area contributed by atoms with Crippen LogP contribution in [0.4, 0.5) is 0 Å². The van der Waals surface area contributed by atoms with Crippen molar-refractivity contribution in [3.63, 3.8) is 0 Å². The minimum absolute atomic E-state index is 0.0630. The van der Waals surface area contributed by atoms with E-state index in [4.69, 9.17) is 0 Å². The Morgan fingerprint density at radius 3 is 2.77 bits per heavy atom. The molecule has 1 aliphatic rings. The third-order valence-electron chi connectivity index (χ3n) is 5.23. The molecule has 0 saturated carbocycles. The van der Waals surface area contributed by atoms with Gasteiger partial charge >= 0.3 is 0 Å². The number of hydrogen-bond acceptors (Lipinski definition) is 2. The summed E-state index contributed by atoms with van der Waals surface area (Å²) in [5, 5.41) is 4.35. The van der Waals surface area contributed by atoms with E-state index in [-0.39, 0.29) is 5.91 Å². The van der Waals surface area contributed by atoms with Crippen LogP contribution < -0.4 is 5.32 Å². The van der Waals surface area contributed by atoms with Gasteiger partial charge in [0.25, 0.3) is 0 Å². The molecule has 134 valence electrons. The lowest BCUT2D eigenvalue weighted by Crippen LogP contribution is -2.30. The third kappa shape index (κ3) is 3.25. The first-order valence-corrected chi connectivity index (χ1v) is 9.21. The summed E-state index contributed by atoms with van der Waals surface area (Å²) in [6, 6.07) is 16.6. The predicted molar refractivity (Wildman–Crippen MR) is 105 cm³/mol. The second-order valence-corrected chi connectivity index (χ2v) is 7.28. The van der Waals surface area contributed by atoms with Crippen molar-refractivity contribution in [2.24, 2.45) is 0 Å². The minimum Gasteiger partial charge on any atom is -0.350 e. The molecule has 0 fully saturated rings. The zero-order valence-electron chi connectivity index (χ0n) is 15.5. The molecule has 1 aromatic heterocycles. The van der Waals surface area contributed by atoms with Crippen LogP contribution in [-0.4, -0.2) is 29.0 Å². The van der Waals surface area contributed by atoms with Gasteiger partial charge in [-0.05, 0) is 37.2 Å². The summed E-state index contributed by atoms with van der Waals surface area (Å²) in [7, 11) is 2.16. The van der Waals surface area contributed by atoms with Crippen LogP contribution in [-0.2, 0) is 30.8 Å². The summed E-state index contributed by atoms with van der Waals surface area (Å²) in [5.74, 6) is 0.0630. The molecule has 0 saturated heterocycles. The topological polar surface area (TPSA) is 37.3 Å². The van der Waals surface area contributed by atoms with Gasteiger partial charge in [-0.25, -0.2) is 0 Å². The Bertz CT molecular complexity index is 943. The highest BCUT2D eigenvalue weighted by molar-refractivity contribution is 5.88. The van der Waals surface area contributed by atoms with Gasteiger partial charge in [-0.2, -0.15) is 0 Å². The van der Waals surface area contributed by atoms with Crippen LogP contribution >= 0.6 is 0 Å². The second-order valence-electron chi connectivity index (χ2n) is 7.28. The van der Waals surface area contributed by atoms with Gasteiger partial charge in [-0.3, -0.25) is 4.79 Å². The monoisotopic (exact) mass is 347 g/mol. The molecule has 1 N–H and O–H groups in total. The van der Waals surface area contributed by atoms with Crippen LogP contribution in [0.2, 0.25) is 0 Å². The maximum Gasteiger partial charge on any atom is 0.240 e. The van der Waals surface area contributed by atoms with Crippen LogP contribution in [0.25, 0.3) is 10.9 Å². The molecule has 4 heteroatoms. The van der Waals surface area contributed by atoms with Crippen LogP contribution in [0.1, 0.15) is 22.4 Å². The van der Waals surface area contributed by atoms with E-state index >= 15 is 0 Å². The number of aromatic nitrogens is 1. The molecular weight excluding hydrogens is 322 g/mol. The number of fused-ring (bicyclic) bond motifs is 3. The molecule has 0 atom stereocenters. The fraction of sp³-hybridized carbons (Fsp3) is 0.318. The first kappa shape index (κ1) is 16.9. The molecule has 2 heterocycles. The van der Waals surface area contributed by atoms with Gasteiger partial charge in [0, 0.05) is 42.7 Å². The van der Waals surface area contributed by atoms with Crippen LogP contribution in [0, 0.1) is 6.92 Å². The van der Waals surface area contributed by atoms with E-state index in [2.05, 4.69) is 47.0 Å². The van der Waals surface area contributed by atoms with Crippen LogP contribution in [0.5, 0.6) is 0 Å². The smallest absolute Gasteiger partial charge is 0.240 e. The Labute approximate surface area is 154 Å². The molecule has 26 heavy (non-hydrogen) atoms. The molecule has 0 aliphatic carbocycles. The number of hydrogen-bond donors (Lipinski definition) is 1. The third-order valence-corrected chi connectivity index (χ3v) is 5.23. The molecule has 3 aromatic rings. The molecule has 4 rings (SSSR count). The number of rotatable bonds is 4. The lowest BCUT2D eigenvalue weighted by atomic mass is 10.0. The number of nitrogens with one attached hydrogen (secondary N) is 1. The Morgan fingerprint density at radius 2 is 1.96 bits per heavy atom. The number of carbonyl (C=O) groups excluding carboxylic acids is 1. The van der Waals surface area contributed by atoms with E-state index in [0.29, 0.717) is 13.1 Å². The molecular formula is C22H25N3O. The van der Waals surface area contributed by atoms with Crippen LogP contribution in [0.3, 0.4) is 0 Å². The van der Waals surface area contributed by atoms with Gasteiger partial charge < -0.3 is 14.8 Å². The fourth-order valence-corrected chi connectivity index (χ4v) is 3.88. The van der Waals surface area contributed by atoms with Crippen molar-refractivity contribution in [3.8, 4) is 0 Å². The summed E-state index contributed by atoms with van der Waals surface area (Å²) < 4.78 is 2.22. The normalized spacial score (nSPS) is 14.4. The van der Waals surface area contributed by atoms with Gasteiger partial charge in [0.2, 0.25) is 5.91 Å². The molecule has 1 amide bonds. The summed E-state index contributed by atoms with van der Waals surface area (Å²) in [6.45, 7) is 5.07. The van der Waals surface area contributed by atoms with Crippen molar-refractivity contribution in [1.82, 2.24) is 14.8 Å². The first-order valence-electron chi connectivity index (χ1n) is 9.21. The van der Waals surface area contributed by atoms with E-state index in [1.807, 2.05) is 30.3 Å². The second kappa shape index (κ2) is 6.96. The highest BCUT2D eigenvalue weighted by Gasteiger charge is 2.23. The minimum atomic E-state index is 0.0630. The van der Waals surface area contributed by atoms with Crippen LogP contribution in [0.15, 0.2) is 48.5 Å². The van der Waals surface area contributed by atoms with Crippen molar-refractivity contribution in [2.75, 3.05) is 13.6 Å². The Kier molecular flexibility index (Phi) is 4.51. The maximum atomic E-state index is 12.6.